The summed E-state index contributed by atoms with van der Waals surface area (Å²) in [4.78, 5) is 43.0. The van der Waals surface area contributed by atoms with Gasteiger partial charge in [0.2, 0.25) is 0 Å². The van der Waals surface area contributed by atoms with Crippen molar-refractivity contribution in [3.8, 4) is 0 Å². The van der Waals surface area contributed by atoms with Crippen LogP contribution in [0.5, 0.6) is 0 Å². The van der Waals surface area contributed by atoms with Crippen LogP contribution in [0, 0.1) is 5.82 Å². The molecule has 39 heavy (non-hydrogen) atoms. The Balaban J connectivity index is 1.37. The molecule has 0 unspecified atom stereocenters. The van der Waals surface area contributed by atoms with E-state index in [1.807, 2.05) is 29.7 Å². The highest BCUT2D eigenvalue weighted by atomic mass is 35.5. The molecule has 206 valence electrons. The van der Waals surface area contributed by atoms with Crippen molar-refractivity contribution in [3.63, 3.8) is 0 Å². The number of carbonyl (C=O) groups is 2. The van der Waals surface area contributed by atoms with Crippen LogP contribution in [-0.2, 0) is 5.41 Å². The minimum Gasteiger partial charge on any atom is -0.344 e. The Morgan fingerprint density at radius 1 is 1.03 bits per heavy atom. The number of hydrogen-bond acceptors (Lipinski definition) is 7. The minimum absolute atomic E-state index is 0.0802. The molecule has 2 aliphatic rings. The predicted octanol–water partition coefficient (Wildman–Crippen LogP) is 5.20. The molecule has 0 spiro atoms. The first kappa shape index (κ1) is 27.3. The molecular weight excluding hydrogens is 539 g/mol. The van der Waals surface area contributed by atoms with Gasteiger partial charge in [-0.2, -0.15) is 0 Å². The average Bonchev–Trinajstić information content (AvgIpc) is 3.47. The van der Waals surface area contributed by atoms with E-state index in [4.69, 9.17) is 16.6 Å². The normalized spacial score (nSPS) is 17.8. The van der Waals surface area contributed by atoms with Crippen LogP contribution in [0.1, 0.15) is 54.4 Å². The van der Waals surface area contributed by atoms with Crippen molar-refractivity contribution in [1.29, 1.82) is 0 Å². The monoisotopic (exact) mass is 570 g/mol. The number of amides is 2. The molecule has 2 aliphatic heterocycles. The van der Waals surface area contributed by atoms with Crippen molar-refractivity contribution >= 4 is 51.3 Å². The highest BCUT2D eigenvalue weighted by molar-refractivity contribution is 7.13. The fourth-order valence-corrected chi connectivity index (χ4v) is 6.24. The lowest BCUT2D eigenvalue weighted by molar-refractivity contribution is 0.0508. The predicted molar refractivity (Wildman–Crippen MR) is 153 cm³/mol. The van der Waals surface area contributed by atoms with Crippen molar-refractivity contribution in [3.05, 3.63) is 63.6 Å². The van der Waals surface area contributed by atoms with E-state index in [1.54, 1.807) is 37.7 Å². The van der Waals surface area contributed by atoms with Gasteiger partial charge in [-0.3, -0.25) is 9.59 Å². The Bertz CT molecular complexity index is 1460. The number of nitrogens with zero attached hydrogens (tertiary/aromatic N) is 6. The highest BCUT2D eigenvalue weighted by Gasteiger charge is 2.41. The Kier molecular flexibility index (Phi) is 6.83. The summed E-state index contributed by atoms with van der Waals surface area (Å²) < 4.78 is 14.2. The second-order valence-electron chi connectivity index (χ2n) is 11.5. The SMILES string of the molecule is CN(C)C(=O)c1csc(N2CCN(C(=O)c3ccc4c(n3)C(C)(C)CN4c3ccc(Cl)c(F)c3)C(C)(C)C2)n1. The first-order valence-electron chi connectivity index (χ1n) is 12.8. The zero-order chi connectivity index (χ0) is 28.3. The molecule has 1 saturated heterocycles. The molecule has 1 fully saturated rings. The summed E-state index contributed by atoms with van der Waals surface area (Å²) in [5.74, 6) is -0.729. The lowest BCUT2D eigenvalue weighted by Gasteiger charge is -2.47. The molecule has 2 amide bonds. The summed E-state index contributed by atoms with van der Waals surface area (Å²) >= 11 is 7.33. The topological polar surface area (TPSA) is 72.9 Å². The summed E-state index contributed by atoms with van der Waals surface area (Å²) in [6.45, 7) is 10.5. The number of rotatable bonds is 4. The summed E-state index contributed by atoms with van der Waals surface area (Å²) in [5.41, 5.74) is 2.34. The standard InChI is InChI=1S/C28H32ClFN6O2S/c1-27(2)15-35(17-7-8-18(29)19(30)13-17)22-10-9-20(31-23(22)27)25(38)36-12-11-34(16-28(36,3)4)26-32-21(14-39-26)24(37)33(5)6/h7-10,13-14H,11-12,15-16H2,1-6H3. The summed E-state index contributed by atoms with van der Waals surface area (Å²) in [6.07, 6.45) is 0. The van der Waals surface area contributed by atoms with E-state index in [1.165, 1.54) is 22.3 Å². The Labute approximate surface area is 237 Å². The lowest BCUT2D eigenvalue weighted by Crippen LogP contribution is -2.61. The van der Waals surface area contributed by atoms with Gasteiger partial charge in [-0.1, -0.05) is 25.4 Å². The zero-order valence-electron chi connectivity index (χ0n) is 23.0. The van der Waals surface area contributed by atoms with Gasteiger partial charge >= 0.3 is 0 Å². The van der Waals surface area contributed by atoms with Gasteiger partial charge in [-0.05, 0) is 44.2 Å². The quantitative estimate of drug-likeness (QED) is 0.429. The maximum atomic E-state index is 14.2. The van der Waals surface area contributed by atoms with Gasteiger partial charge in [-0.15, -0.1) is 11.3 Å². The van der Waals surface area contributed by atoms with Crippen molar-refractivity contribution in [2.24, 2.45) is 0 Å². The van der Waals surface area contributed by atoms with E-state index < -0.39 is 11.4 Å². The van der Waals surface area contributed by atoms with E-state index in [9.17, 15) is 14.0 Å². The van der Waals surface area contributed by atoms with Gasteiger partial charge in [0, 0.05) is 56.8 Å². The molecule has 0 atom stereocenters. The molecule has 0 bridgehead atoms. The Hall–Kier alpha value is -3.24. The molecule has 11 heteroatoms. The van der Waals surface area contributed by atoms with E-state index in [-0.39, 0.29) is 22.3 Å². The van der Waals surface area contributed by atoms with Crippen molar-refractivity contribution in [1.82, 2.24) is 19.8 Å². The van der Waals surface area contributed by atoms with Crippen LogP contribution in [0.15, 0.2) is 35.7 Å². The smallest absolute Gasteiger partial charge is 0.273 e. The van der Waals surface area contributed by atoms with Gasteiger partial charge in [0.05, 0.1) is 21.9 Å². The molecule has 3 aromatic rings. The van der Waals surface area contributed by atoms with Crippen molar-refractivity contribution in [2.75, 3.05) is 50.1 Å². The Morgan fingerprint density at radius 2 is 1.77 bits per heavy atom. The van der Waals surface area contributed by atoms with Crippen LogP contribution in [-0.4, -0.2) is 77.4 Å². The van der Waals surface area contributed by atoms with Gasteiger partial charge in [0.25, 0.3) is 11.8 Å². The number of pyridine rings is 1. The molecular formula is C28H32ClFN6O2S. The number of thiazole rings is 1. The lowest BCUT2D eigenvalue weighted by atomic mass is 9.91. The molecule has 2 aromatic heterocycles. The fourth-order valence-electron chi connectivity index (χ4n) is 5.30. The van der Waals surface area contributed by atoms with E-state index in [2.05, 4.69) is 23.7 Å². The zero-order valence-corrected chi connectivity index (χ0v) is 24.5. The number of fused-ring (bicyclic) bond motifs is 1. The van der Waals surface area contributed by atoms with E-state index in [0.717, 1.165) is 16.5 Å². The summed E-state index contributed by atoms with van der Waals surface area (Å²) in [5, 5.41) is 2.63. The van der Waals surface area contributed by atoms with Crippen LogP contribution < -0.4 is 9.80 Å². The maximum absolute atomic E-state index is 14.2. The molecule has 4 heterocycles. The number of halogens is 2. The molecule has 5 rings (SSSR count). The Morgan fingerprint density at radius 3 is 2.44 bits per heavy atom. The molecule has 0 saturated carbocycles. The molecule has 0 N–H and O–H groups in total. The number of piperazine rings is 1. The largest absolute Gasteiger partial charge is 0.344 e. The molecule has 8 nitrogen and oxygen atoms in total. The average molecular weight is 571 g/mol. The number of aromatic nitrogens is 2. The second kappa shape index (κ2) is 9.75. The van der Waals surface area contributed by atoms with Crippen molar-refractivity contribution in [2.45, 2.75) is 38.6 Å². The number of carbonyl (C=O) groups excluding carboxylic acids is 2. The second-order valence-corrected chi connectivity index (χ2v) is 12.8. The maximum Gasteiger partial charge on any atom is 0.273 e. The summed E-state index contributed by atoms with van der Waals surface area (Å²) in [6, 6.07) is 8.43. The third-order valence-electron chi connectivity index (χ3n) is 7.33. The molecule has 0 radical (unpaired) electrons. The van der Waals surface area contributed by atoms with Crippen LogP contribution in [0.3, 0.4) is 0 Å². The molecule has 1 aromatic carbocycles. The number of benzene rings is 1. The number of hydrogen-bond donors (Lipinski definition) is 0. The van der Waals surface area contributed by atoms with Crippen LogP contribution in [0.25, 0.3) is 0 Å². The third-order valence-corrected chi connectivity index (χ3v) is 8.54. The van der Waals surface area contributed by atoms with Crippen LogP contribution in [0.2, 0.25) is 5.02 Å². The third kappa shape index (κ3) is 4.96. The first-order valence-corrected chi connectivity index (χ1v) is 14.0. The van der Waals surface area contributed by atoms with Gasteiger partial charge < -0.3 is 19.6 Å². The minimum atomic E-state index is -0.490. The first-order chi connectivity index (χ1) is 18.3. The molecule has 0 aliphatic carbocycles. The fraction of sp³-hybridized carbons (Fsp3) is 0.429. The summed E-state index contributed by atoms with van der Waals surface area (Å²) in [7, 11) is 3.41. The van der Waals surface area contributed by atoms with Crippen LogP contribution in [0.4, 0.5) is 20.9 Å². The van der Waals surface area contributed by atoms with Gasteiger partial charge in [0.1, 0.15) is 17.2 Å². The number of anilines is 3. The van der Waals surface area contributed by atoms with Crippen LogP contribution >= 0.6 is 22.9 Å². The highest BCUT2D eigenvalue weighted by Crippen LogP contribution is 2.44. The van der Waals surface area contributed by atoms with E-state index in [0.29, 0.717) is 43.3 Å². The van der Waals surface area contributed by atoms with Crippen molar-refractivity contribution < 1.29 is 14.0 Å². The van der Waals surface area contributed by atoms with Gasteiger partial charge in [0.15, 0.2) is 5.13 Å². The van der Waals surface area contributed by atoms with E-state index >= 15 is 0 Å². The van der Waals surface area contributed by atoms with Gasteiger partial charge in [-0.25, -0.2) is 14.4 Å².